The van der Waals surface area contributed by atoms with Gasteiger partial charge in [0, 0.05) is 17.5 Å². The normalized spacial score (nSPS) is 21.1. The molecule has 1 heterocycles. The van der Waals surface area contributed by atoms with Gasteiger partial charge >= 0.3 is 0 Å². The standard InChI is InChI=1S/C16H18ClN3O3/c1-9(15(21)19-12-6-7-12)18-16(22)14-8-13(20-23-14)10-2-4-11(17)5-3-10/h2-5,9,12,14H,6-8H2,1H3,(H,18,22)(H,19,21). The third kappa shape index (κ3) is 4.01. The number of carbonyl (C=O) groups is 2. The molecular formula is C16H18ClN3O3. The van der Waals surface area contributed by atoms with E-state index in [0.717, 1.165) is 18.4 Å². The van der Waals surface area contributed by atoms with E-state index in [2.05, 4.69) is 15.8 Å². The van der Waals surface area contributed by atoms with Crippen molar-refractivity contribution in [1.82, 2.24) is 10.6 Å². The third-order valence-electron chi connectivity index (χ3n) is 3.81. The third-order valence-corrected chi connectivity index (χ3v) is 4.07. The average molecular weight is 336 g/mol. The molecule has 0 radical (unpaired) electrons. The van der Waals surface area contributed by atoms with Gasteiger partial charge in [-0.3, -0.25) is 9.59 Å². The monoisotopic (exact) mass is 335 g/mol. The van der Waals surface area contributed by atoms with Gasteiger partial charge in [0.25, 0.3) is 5.91 Å². The Morgan fingerprint density at radius 2 is 2.00 bits per heavy atom. The smallest absolute Gasteiger partial charge is 0.264 e. The van der Waals surface area contributed by atoms with Crippen LogP contribution >= 0.6 is 11.6 Å². The molecule has 1 saturated carbocycles. The summed E-state index contributed by atoms with van der Waals surface area (Å²) in [6, 6.07) is 6.86. The van der Waals surface area contributed by atoms with E-state index in [4.69, 9.17) is 16.4 Å². The van der Waals surface area contributed by atoms with Crippen LogP contribution in [0.15, 0.2) is 29.4 Å². The van der Waals surface area contributed by atoms with Crippen molar-refractivity contribution in [2.24, 2.45) is 5.16 Å². The van der Waals surface area contributed by atoms with Crippen LogP contribution < -0.4 is 10.6 Å². The fraction of sp³-hybridized carbons (Fsp3) is 0.438. The van der Waals surface area contributed by atoms with Crippen LogP contribution in [0.2, 0.25) is 5.02 Å². The topological polar surface area (TPSA) is 79.8 Å². The molecule has 2 unspecified atom stereocenters. The van der Waals surface area contributed by atoms with Crippen molar-refractivity contribution >= 4 is 29.1 Å². The molecule has 1 aromatic carbocycles. The van der Waals surface area contributed by atoms with Gasteiger partial charge < -0.3 is 15.5 Å². The molecule has 23 heavy (non-hydrogen) atoms. The average Bonchev–Trinajstić information content (AvgIpc) is 3.20. The molecule has 2 aliphatic rings. The predicted octanol–water partition coefficient (Wildman–Crippen LogP) is 1.62. The van der Waals surface area contributed by atoms with Crippen molar-refractivity contribution in [2.45, 2.75) is 44.4 Å². The van der Waals surface area contributed by atoms with Crippen LogP contribution in [0, 0.1) is 0 Å². The molecule has 6 nitrogen and oxygen atoms in total. The molecule has 1 aromatic rings. The molecule has 1 aliphatic heterocycles. The van der Waals surface area contributed by atoms with Gasteiger partial charge in [0.1, 0.15) is 6.04 Å². The largest absolute Gasteiger partial charge is 0.382 e. The zero-order valence-electron chi connectivity index (χ0n) is 12.7. The number of nitrogens with one attached hydrogen (secondary N) is 2. The van der Waals surface area contributed by atoms with Crippen LogP contribution in [-0.2, 0) is 14.4 Å². The number of oxime groups is 1. The summed E-state index contributed by atoms with van der Waals surface area (Å²) in [5.41, 5.74) is 1.56. The molecular weight excluding hydrogens is 318 g/mol. The van der Waals surface area contributed by atoms with Crippen LogP contribution in [0.5, 0.6) is 0 Å². The summed E-state index contributed by atoms with van der Waals surface area (Å²) in [7, 11) is 0. The van der Waals surface area contributed by atoms with Crippen molar-refractivity contribution < 1.29 is 14.4 Å². The molecule has 122 valence electrons. The number of amides is 2. The Bertz CT molecular complexity index is 640. The first kappa shape index (κ1) is 15.8. The van der Waals surface area contributed by atoms with E-state index < -0.39 is 12.1 Å². The van der Waals surface area contributed by atoms with Crippen LogP contribution in [0.25, 0.3) is 0 Å². The maximum Gasteiger partial charge on any atom is 0.264 e. The number of rotatable bonds is 5. The van der Waals surface area contributed by atoms with Crippen LogP contribution in [-0.4, -0.2) is 35.7 Å². The van der Waals surface area contributed by atoms with Crippen molar-refractivity contribution in [3.8, 4) is 0 Å². The van der Waals surface area contributed by atoms with Crippen molar-refractivity contribution in [3.63, 3.8) is 0 Å². The Hall–Kier alpha value is -2.08. The number of hydrogen-bond acceptors (Lipinski definition) is 4. The molecule has 0 saturated heterocycles. The quantitative estimate of drug-likeness (QED) is 0.858. The molecule has 1 aliphatic carbocycles. The SMILES string of the molecule is CC(NC(=O)C1CC(c2ccc(Cl)cc2)=NO1)C(=O)NC1CC1. The maximum absolute atomic E-state index is 12.2. The van der Waals surface area contributed by atoms with E-state index in [1.54, 1.807) is 19.1 Å². The molecule has 7 heteroatoms. The van der Waals surface area contributed by atoms with Gasteiger partial charge in [-0.15, -0.1) is 0 Å². The number of hydrogen-bond donors (Lipinski definition) is 2. The second-order valence-corrected chi connectivity index (χ2v) is 6.29. The maximum atomic E-state index is 12.2. The first-order valence-electron chi connectivity index (χ1n) is 7.62. The van der Waals surface area contributed by atoms with E-state index in [0.29, 0.717) is 17.2 Å². The fourth-order valence-electron chi connectivity index (χ4n) is 2.26. The predicted molar refractivity (Wildman–Crippen MR) is 86.2 cm³/mol. The Morgan fingerprint density at radius 3 is 2.65 bits per heavy atom. The minimum atomic E-state index is -0.711. The highest BCUT2D eigenvalue weighted by Gasteiger charge is 2.32. The summed E-state index contributed by atoms with van der Waals surface area (Å²) >= 11 is 5.85. The summed E-state index contributed by atoms with van der Waals surface area (Å²) in [4.78, 5) is 29.2. The van der Waals surface area contributed by atoms with Gasteiger partial charge in [-0.2, -0.15) is 0 Å². The number of nitrogens with zero attached hydrogens (tertiary/aromatic N) is 1. The van der Waals surface area contributed by atoms with Gasteiger partial charge in [-0.05, 0) is 37.5 Å². The zero-order chi connectivity index (χ0) is 16.4. The van der Waals surface area contributed by atoms with Crippen LogP contribution in [0.3, 0.4) is 0 Å². The number of benzene rings is 1. The Labute approximate surface area is 139 Å². The summed E-state index contributed by atoms with van der Waals surface area (Å²) in [5.74, 6) is -0.506. The Kier molecular flexibility index (Phi) is 4.52. The highest BCUT2D eigenvalue weighted by molar-refractivity contribution is 6.30. The lowest BCUT2D eigenvalue weighted by molar-refractivity contribution is -0.135. The highest BCUT2D eigenvalue weighted by atomic mass is 35.5. The Balaban J connectivity index is 1.51. The molecule has 2 atom stereocenters. The van der Waals surface area contributed by atoms with Crippen LogP contribution in [0.1, 0.15) is 31.7 Å². The first-order valence-corrected chi connectivity index (χ1v) is 8.00. The van der Waals surface area contributed by atoms with Gasteiger partial charge in [0.15, 0.2) is 0 Å². The Morgan fingerprint density at radius 1 is 1.30 bits per heavy atom. The summed E-state index contributed by atoms with van der Waals surface area (Å²) in [5, 5.41) is 10.1. The lowest BCUT2D eigenvalue weighted by Crippen LogP contribution is -2.48. The molecule has 2 N–H and O–H groups in total. The summed E-state index contributed by atoms with van der Waals surface area (Å²) < 4.78 is 0. The van der Waals surface area contributed by atoms with E-state index in [1.165, 1.54) is 0 Å². The number of halogens is 1. The number of carbonyl (C=O) groups excluding carboxylic acids is 2. The molecule has 3 rings (SSSR count). The van der Waals surface area contributed by atoms with Gasteiger partial charge in [0.05, 0.1) is 5.71 Å². The fourth-order valence-corrected chi connectivity index (χ4v) is 2.38. The first-order chi connectivity index (χ1) is 11.0. The molecule has 2 amide bonds. The summed E-state index contributed by atoms with van der Waals surface area (Å²) in [6.07, 6.45) is 1.67. The molecule has 0 spiro atoms. The van der Waals surface area contributed by atoms with Gasteiger partial charge in [0.2, 0.25) is 12.0 Å². The summed E-state index contributed by atoms with van der Waals surface area (Å²) in [6.45, 7) is 1.66. The lowest BCUT2D eigenvalue weighted by Gasteiger charge is -2.15. The zero-order valence-corrected chi connectivity index (χ0v) is 13.5. The second kappa shape index (κ2) is 6.58. The lowest BCUT2D eigenvalue weighted by atomic mass is 10.0. The van der Waals surface area contributed by atoms with Crippen molar-refractivity contribution in [1.29, 1.82) is 0 Å². The van der Waals surface area contributed by atoms with E-state index in [-0.39, 0.29) is 17.9 Å². The van der Waals surface area contributed by atoms with E-state index in [1.807, 2.05) is 12.1 Å². The van der Waals surface area contributed by atoms with Gasteiger partial charge in [-0.25, -0.2) is 0 Å². The molecule has 0 bridgehead atoms. The molecule has 0 aromatic heterocycles. The second-order valence-electron chi connectivity index (χ2n) is 5.86. The van der Waals surface area contributed by atoms with E-state index >= 15 is 0 Å². The van der Waals surface area contributed by atoms with Crippen molar-refractivity contribution in [2.75, 3.05) is 0 Å². The van der Waals surface area contributed by atoms with Crippen LogP contribution in [0.4, 0.5) is 0 Å². The minimum Gasteiger partial charge on any atom is -0.382 e. The minimum absolute atomic E-state index is 0.169. The van der Waals surface area contributed by atoms with Crippen molar-refractivity contribution in [3.05, 3.63) is 34.9 Å². The van der Waals surface area contributed by atoms with Gasteiger partial charge in [-0.1, -0.05) is 28.9 Å². The molecule has 1 fully saturated rings. The highest BCUT2D eigenvalue weighted by Crippen LogP contribution is 2.20. The van der Waals surface area contributed by atoms with E-state index in [9.17, 15) is 9.59 Å².